The minimum Gasteiger partial charge on any atom is -0.477 e. The lowest BCUT2D eigenvalue weighted by atomic mass is 9.78. The summed E-state index contributed by atoms with van der Waals surface area (Å²) in [4.78, 5) is 36.3. The summed E-state index contributed by atoms with van der Waals surface area (Å²) in [7, 11) is 0. The maximum absolute atomic E-state index is 12.3. The molecule has 2 aliphatic heterocycles. The third-order valence-electron chi connectivity index (χ3n) is 4.28. The van der Waals surface area contributed by atoms with E-state index in [2.05, 4.69) is 6.58 Å². The predicted octanol–water partition coefficient (Wildman–Crippen LogP) is 0.522. The van der Waals surface area contributed by atoms with Crippen molar-refractivity contribution in [2.24, 2.45) is 11.8 Å². The molecule has 126 valence electrons. The quantitative estimate of drug-likeness (QED) is 0.416. The summed E-state index contributed by atoms with van der Waals surface area (Å²) < 4.78 is 9.77. The van der Waals surface area contributed by atoms with Gasteiger partial charge < -0.3 is 24.6 Å². The van der Waals surface area contributed by atoms with Crippen LogP contribution in [0.3, 0.4) is 0 Å². The monoisotopic (exact) mass is 325 g/mol. The Morgan fingerprint density at radius 1 is 1.48 bits per heavy atom. The van der Waals surface area contributed by atoms with E-state index in [0.717, 1.165) is 4.90 Å². The molecule has 2 heterocycles. The Kier molecular flexibility index (Phi) is 4.74. The first-order chi connectivity index (χ1) is 10.8. The Balaban J connectivity index is 2.12. The molecule has 0 radical (unpaired) electrons. The molecule has 1 fully saturated rings. The van der Waals surface area contributed by atoms with Crippen LogP contribution in [0, 0.1) is 11.8 Å². The van der Waals surface area contributed by atoms with Gasteiger partial charge in [0.2, 0.25) is 5.91 Å². The minimum atomic E-state index is -1.26. The molecule has 0 aromatic carbocycles. The standard InChI is InChI=1S/C15H19NO7/c1-4-5-22-15(21)23-8(3)10-11-7(2)9(6-17)12(14(19)20)16(11)13(10)18/h4,7-8,10-11,17H,1,5-6H2,2-3H3,(H,19,20)/t7-,8+,10+,11-/m0/s1. The Bertz CT molecular complexity index is 582. The number of ether oxygens (including phenoxy) is 2. The van der Waals surface area contributed by atoms with E-state index in [-0.39, 0.29) is 18.2 Å². The van der Waals surface area contributed by atoms with Crippen molar-refractivity contribution in [3.8, 4) is 0 Å². The van der Waals surface area contributed by atoms with Crippen molar-refractivity contribution in [2.75, 3.05) is 13.2 Å². The Hall–Kier alpha value is -2.35. The highest BCUT2D eigenvalue weighted by Gasteiger charge is 2.60. The molecule has 8 nitrogen and oxygen atoms in total. The molecule has 2 rings (SSSR count). The van der Waals surface area contributed by atoms with E-state index < -0.39 is 42.7 Å². The van der Waals surface area contributed by atoms with E-state index in [4.69, 9.17) is 9.47 Å². The summed E-state index contributed by atoms with van der Waals surface area (Å²) in [6, 6.07) is -0.446. The maximum atomic E-state index is 12.3. The van der Waals surface area contributed by atoms with Gasteiger partial charge in [-0.05, 0) is 12.5 Å². The van der Waals surface area contributed by atoms with Gasteiger partial charge in [-0.25, -0.2) is 9.59 Å². The average molecular weight is 325 g/mol. The van der Waals surface area contributed by atoms with Crippen molar-refractivity contribution < 1.29 is 34.1 Å². The van der Waals surface area contributed by atoms with Gasteiger partial charge in [0.15, 0.2) is 0 Å². The number of hydrogen-bond donors (Lipinski definition) is 2. The van der Waals surface area contributed by atoms with Gasteiger partial charge >= 0.3 is 12.1 Å². The van der Waals surface area contributed by atoms with Crippen LogP contribution in [0.15, 0.2) is 23.9 Å². The van der Waals surface area contributed by atoms with Crippen LogP contribution in [0.5, 0.6) is 0 Å². The highest BCUT2D eigenvalue weighted by atomic mass is 16.7. The molecular weight excluding hydrogens is 306 g/mol. The Morgan fingerprint density at radius 2 is 2.13 bits per heavy atom. The van der Waals surface area contributed by atoms with E-state index >= 15 is 0 Å². The van der Waals surface area contributed by atoms with E-state index in [1.54, 1.807) is 13.8 Å². The lowest BCUT2D eigenvalue weighted by Crippen LogP contribution is -2.64. The number of amides is 1. The van der Waals surface area contributed by atoms with Gasteiger partial charge in [0.25, 0.3) is 0 Å². The number of carboxylic acids is 1. The van der Waals surface area contributed by atoms with Crippen LogP contribution in [-0.2, 0) is 19.1 Å². The zero-order valence-electron chi connectivity index (χ0n) is 12.9. The lowest BCUT2D eigenvalue weighted by molar-refractivity contribution is -0.164. The SMILES string of the molecule is C=CCOC(=O)O[C@H](C)[C@H]1C(=O)N2C(C(=O)O)=C(CO)[C@H](C)[C@@H]12. The first-order valence-corrected chi connectivity index (χ1v) is 7.19. The number of fused-ring (bicyclic) bond motifs is 1. The van der Waals surface area contributed by atoms with Crippen molar-refractivity contribution in [1.82, 2.24) is 4.90 Å². The number of rotatable bonds is 6. The van der Waals surface area contributed by atoms with Crippen LogP contribution in [0.4, 0.5) is 4.79 Å². The fraction of sp³-hybridized carbons (Fsp3) is 0.533. The highest BCUT2D eigenvalue weighted by molar-refractivity contribution is 6.00. The molecule has 8 heteroatoms. The number of nitrogens with zero attached hydrogens (tertiary/aromatic N) is 1. The van der Waals surface area contributed by atoms with Gasteiger partial charge in [-0.2, -0.15) is 0 Å². The minimum absolute atomic E-state index is 0.00446. The van der Waals surface area contributed by atoms with Crippen molar-refractivity contribution in [3.63, 3.8) is 0 Å². The summed E-state index contributed by atoms with van der Waals surface area (Å²) in [6.07, 6.45) is -0.294. The second kappa shape index (κ2) is 6.41. The van der Waals surface area contributed by atoms with Gasteiger partial charge in [0, 0.05) is 5.92 Å². The Morgan fingerprint density at radius 3 is 2.65 bits per heavy atom. The van der Waals surface area contributed by atoms with Crippen LogP contribution < -0.4 is 0 Å². The predicted molar refractivity (Wildman–Crippen MR) is 77.1 cm³/mol. The van der Waals surface area contributed by atoms with E-state index in [1.165, 1.54) is 6.08 Å². The molecule has 0 spiro atoms. The molecule has 4 atom stereocenters. The largest absolute Gasteiger partial charge is 0.508 e. The van der Waals surface area contributed by atoms with Gasteiger partial charge in [-0.3, -0.25) is 4.79 Å². The fourth-order valence-corrected chi connectivity index (χ4v) is 3.23. The molecule has 0 unspecified atom stereocenters. The smallest absolute Gasteiger partial charge is 0.477 e. The number of carbonyl (C=O) groups is 3. The molecular formula is C15H19NO7. The molecule has 1 saturated heterocycles. The van der Waals surface area contributed by atoms with Crippen LogP contribution in [0.1, 0.15) is 13.8 Å². The summed E-state index contributed by atoms with van der Waals surface area (Å²) in [5.74, 6) is -2.69. The van der Waals surface area contributed by atoms with Gasteiger partial charge in [-0.1, -0.05) is 19.6 Å². The summed E-state index contributed by atoms with van der Waals surface area (Å²) >= 11 is 0. The van der Waals surface area contributed by atoms with Crippen LogP contribution in [0.2, 0.25) is 0 Å². The fourth-order valence-electron chi connectivity index (χ4n) is 3.23. The average Bonchev–Trinajstić information content (AvgIpc) is 2.74. The summed E-state index contributed by atoms with van der Waals surface area (Å²) in [6.45, 7) is 6.25. The number of β-lactam (4-membered cyclic amide) rings is 1. The molecule has 0 aromatic heterocycles. The van der Waals surface area contributed by atoms with Gasteiger partial charge in [-0.15, -0.1) is 0 Å². The van der Waals surface area contributed by atoms with Crippen LogP contribution in [-0.4, -0.2) is 58.5 Å². The van der Waals surface area contributed by atoms with E-state index in [0.29, 0.717) is 5.57 Å². The normalized spacial score (nSPS) is 27.2. The number of aliphatic hydroxyl groups is 1. The second-order valence-corrected chi connectivity index (χ2v) is 5.52. The molecule has 0 aromatic rings. The second-order valence-electron chi connectivity index (χ2n) is 5.52. The molecule has 2 N–H and O–H groups in total. The lowest BCUT2D eigenvalue weighted by Gasteiger charge is -2.47. The zero-order valence-corrected chi connectivity index (χ0v) is 12.9. The third-order valence-corrected chi connectivity index (χ3v) is 4.28. The van der Waals surface area contributed by atoms with Crippen molar-refractivity contribution >= 4 is 18.0 Å². The molecule has 0 bridgehead atoms. The zero-order chi connectivity index (χ0) is 17.3. The number of carboxylic acid groups (broad SMARTS) is 1. The van der Waals surface area contributed by atoms with Crippen LogP contribution in [0.25, 0.3) is 0 Å². The third kappa shape index (κ3) is 2.70. The van der Waals surface area contributed by atoms with Crippen LogP contribution >= 0.6 is 0 Å². The number of aliphatic carboxylic acids is 1. The molecule has 0 saturated carbocycles. The van der Waals surface area contributed by atoms with Crippen molar-refractivity contribution in [2.45, 2.75) is 26.0 Å². The summed E-state index contributed by atoms with van der Waals surface area (Å²) in [5.41, 5.74) is 0.132. The maximum Gasteiger partial charge on any atom is 0.508 e. The van der Waals surface area contributed by atoms with Gasteiger partial charge in [0.05, 0.1) is 18.6 Å². The Labute approximate surface area is 133 Å². The first kappa shape index (κ1) is 17.0. The van der Waals surface area contributed by atoms with E-state index in [1.807, 2.05) is 0 Å². The topological polar surface area (TPSA) is 113 Å². The van der Waals surface area contributed by atoms with Crippen molar-refractivity contribution in [1.29, 1.82) is 0 Å². The number of aliphatic hydroxyl groups excluding tert-OH is 1. The number of hydrogen-bond acceptors (Lipinski definition) is 6. The summed E-state index contributed by atoms with van der Waals surface area (Å²) in [5, 5.41) is 18.7. The molecule has 2 aliphatic rings. The number of carbonyl (C=O) groups excluding carboxylic acids is 2. The molecule has 0 aliphatic carbocycles. The van der Waals surface area contributed by atoms with E-state index in [9.17, 15) is 24.6 Å². The van der Waals surface area contributed by atoms with Crippen molar-refractivity contribution in [3.05, 3.63) is 23.9 Å². The first-order valence-electron chi connectivity index (χ1n) is 7.19. The van der Waals surface area contributed by atoms with Gasteiger partial charge in [0.1, 0.15) is 18.4 Å². The molecule has 23 heavy (non-hydrogen) atoms. The molecule has 1 amide bonds. The highest BCUT2D eigenvalue weighted by Crippen LogP contribution is 2.47.